The summed E-state index contributed by atoms with van der Waals surface area (Å²) in [5.74, 6) is 0.321. The van der Waals surface area contributed by atoms with Gasteiger partial charge in [0.05, 0.1) is 16.6 Å². The Morgan fingerprint density at radius 3 is 2.62 bits per heavy atom. The molecule has 166 valence electrons. The van der Waals surface area contributed by atoms with Gasteiger partial charge in [0.2, 0.25) is 5.91 Å². The molecule has 34 heavy (non-hydrogen) atoms. The van der Waals surface area contributed by atoms with Crippen LogP contribution in [-0.2, 0) is 10.5 Å². The number of hydrogen-bond acceptors (Lipinski definition) is 6. The quantitative estimate of drug-likeness (QED) is 0.213. The molecule has 0 bridgehead atoms. The van der Waals surface area contributed by atoms with Gasteiger partial charge in [0.15, 0.2) is 5.16 Å². The highest BCUT2D eigenvalue weighted by molar-refractivity contribution is 7.98. The van der Waals surface area contributed by atoms with Crippen molar-refractivity contribution in [3.63, 3.8) is 0 Å². The van der Waals surface area contributed by atoms with E-state index in [9.17, 15) is 9.59 Å². The van der Waals surface area contributed by atoms with Crippen molar-refractivity contribution in [3.8, 4) is 0 Å². The summed E-state index contributed by atoms with van der Waals surface area (Å²) in [5.41, 5.74) is 5.01. The van der Waals surface area contributed by atoms with Crippen LogP contribution in [0.1, 0.15) is 12.5 Å². The van der Waals surface area contributed by atoms with Crippen molar-refractivity contribution in [2.75, 3.05) is 5.32 Å². The van der Waals surface area contributed by atoms with Gasteiger partial charge < -0.3 is 9.73 Å². The molecule has 3 aromatic carbocycles. The first kappa shape index (κ1) is 20.4. The van der Waals surface area contributed by atoms with Crippen LogP contribution in [-0.4, -0.2) is 20.3 Å². The summed E-state index contributed by atoms with van der Waals surface area (Å²) >= 11 is 1.54. The van der Waals surface area contributed by atoms with Gasteiger partial charge in [-0.25, -0.2) is 14.8 Å². The molecule has 1 N–H and O–H groups in total. The summed E-state index contributed by atoms with van der Waals surface area (Å²) in [6.07, 6.45) is 0. The number of nitrogens with one attached hydrogen (secondary N) is 1. The lowest BCUT2D eigenvalue weighted by atomic mass is 10.1. The first-order chi connectivity index (χ1) is 16.6. The number of carbonyl (C=O) groups excluding carboxylic acids is 1. The molecule has 0 unspecified atom stereocenters. The third kappa shape index (κ3) is 3.48. The summed E-state index contributed by atoms with van der Waals surface area (Å²) < 4.78 is 7.48. The molecule has 0 aliphatic rings. The van der Waals surface area contributed by atoms with Gasteiger partial charge in [-0.2, -0.15) is 0 Å². The second-order valence-electron chi connectivity index (χ2n) is 7.94. The number of amides is 1. The summed E-state index contributed by atoms with van der Waals surface area (Å²) in [5, 5.41) is 5.31. The molecule has 0 aliphatic carbocycles. The second-order valence-corrected chi connectivity index (χ2v) is 8.89. The normalized spacial score (nSPS) is 11.6. The third-order valence-electron chi connectivity index (χ3n) is 5.62. The summed E-state index contributed by atoms with van der Waals surface area (Å²) in [6.45, 7) is 1.44. The van der Waals surface area contributed by atoms with E-state index in [1.807, 2.05) is 54.6 Å². The van der Waals surface area contributed by atoms with Crippen molar-refractivity contribution >= 4 is 61.9 Å². The minimum atomic E-state index is -0.437. The van der Waals surface area contributed by atoms with E-state index in [4.69, 9.17) is 14.4 Å². The Kier molecular flexibility index (Phi) is 4.81. The van der Waals surface area contributed by atoms with Gasteiger partial charge in [-0.15, -0.1) is 0 Å². The van der Waals surface area contributed by atoms with Crippen molar-refractivity contribution < 1.29 is 9.21 Å². The van der Waals surface area contributed by atoms with Crippen molar-refractivity contribution in [2.24, 2.45) is 0 Å². The molecular formula is C26H18N4O3S. The highest BCUT2D eigenvalue weighted by atomic mass is 32.2. The largest absolute Gasteiger partial charge is 0.423 e. The maximum atomic E-state index is 12.3. The number of thioether (sulfide) groups is 1. The fraction of sp³-hybridized carbons (Fsp3) is 0.0769. The average Bonchev–Trinajstić information content (AvgIpc) is 3.22. The van der Waals surface area contributed by atoms with Gasteiger partial charge >= 0.3 is 5.63 Å². The molecule has 0 atom stereocenters. The number of para-hydroxylation sites is 3. The Morgan fingerprint density at radius 2 is 1.76 bits per heavy atom. The molecular weight excluding hydrogens is 448 g/mol. The number of anilines is 1. The highest BCUT2D eigenvalue weighted by Gasteiger charge is 2.15. The lowest BCUT2D eigenvalue weighted by Gasteiger charge is -2.10. The van der Waals surface area contributed by atoms with Crippen LogP contribution in [0, 0.1) is 0 Å². The predicted octanol–water partition coefficient (Wildman–Crippen LogP) is 5.39. The van der Waals surface area contributed by atoms with Crippen LogP contribution in [0.5, 0.6) is 0 Å². The van der Waals surface area contributed by atoms with Crippen LogP contribution in [0.2, 0.25) is 0 Å². The smallest absolute Gasteiger partial charge is 0.336 e. The van der Waals surface area contributed by atoms with E-state index in [1.165, 1.54) is 24.8 Å². The van der Waals surface area contributed by atoms with Crippen molar-refractivity contribution in [1.82, 2.24) is 14.4 Å². The van der Waals surface area contributed by atoms with E-state index < -0.39 is 5.63 Å². The number of hydrogen-bond donors (Lipinski definition) is 1. The Hall–Kier alpha value is -4.17. The molecule has 6 aromatic rings. The standard InChI is InChI=1S/C26H18N4O3S/c1-15(31)27-17-10-11-18-16(12-24(32)33-23(18)13-17)14-34-26-29-20-7-3-2-6-19(20)25-28-21-8-4-5-9-22(21)30(25)26/h2-13H,14H2,1H3,(H,27,31). The minimum absolute atomic E-state index is 0.188. The number of imidazole rings is 1. The first-order valence-corrected chi connectivity index (χ1v) is 11.7. The summed E-state index contributed by atoms with van der Waals surface area (Å²) in [4.78, 5) is 33.5. The molecule has 0 spiro atoms. The van der Waals surface area contributed by atoms with Crippen molar-refractivity contribution in [3.05, 3.63) is 88.8 Å². The molecule has 0 saturated heterocycles. The van der Waals surface area contributed by atoms with Crippen LogP contribution < -0.4 is 10.9 Å². The zero-order valence-electron chi connectivity index (χ0n) is 18.1. The Bertz CT molecular complexity index is 1810. The van der Waals surface area contributed by atoms with Crippen LogP contribution in [0.25, 0.3) is 38.6 Å². The van der Waals surface area contributed by atoms with Gasteiger partial charge in [-0.3, -0.25) is 9.20 Å². The molecule has 7 nitrogen and oxygen atoms in total. The fourth-order valence-corrected chi connectivity index (χ4v) is 5.18. The Morgan fingerprint density at radius 1 is 0.971 bits per heavy atom. The molecule has 0 saturated carbocycles. The van der Waals surface area contributed by atoms with E-state index in [0.29, 0.717) is 17.0 Å². The number of benzene rings is 3. The number of aromatic nitrogens is 3. The van der Waals surface area contributed by atoms with E-state index in [-0.39, 0.29) is 5.91 Å². The van der Waals surface area contributed by atoms with E-state index in [1.54, 1.807) is 12.1 Å². The summed E-state index contributed by atoms with van der Waals surface area (Å²) in [6, 6.07) is 22.8. The molecule has 3 aromatic heterocycles. The second kappa shape index (κ2) is 8.00. The Labute approximate surface area is 197 Å². The van der Waals surface area contributed by atoms with Crippen LogP contribution >= 0.6 is 11.8 Å². The monoisotopic (exact) mass is 466 g/mol. The molecule has 0 fully saturated rings. The average molecular weight is 467 g/mol. The highest BCUT2D eigenvalue weighted by Crippen LogP contribution is 2.32. The van der Waals surface area contributed by atoms with Crippen molar-refractivity contribution in [1.29, 1.82) is 0 Å². The molecule has 8 heteroatoms. The zero-order chi connectivity index (χ0) is 23.2. The fourth-order valence-electron chi connectivity index (χ4n) is 4.18. The van der Waals surface area contributed by atoms with Gasteiger partial charge in [0.25, 0.3) is 0 Å². The number of nitrogens with zero attached hydrogens (tertiary/aromatic N) is 3. The van der Waals surface area contributed by atoms with E-state index in [2.05, 4.69) is 9.72 Å². The van der Waals surface area contributed by atoms with Gasteiger partial charge in [0, 0.05) is 41.3 Å². The van der Waals surface area contributed by atoms with Crippen LogP contribution in [0.15, 0.2) is 87.2 Å². The molecule has 6 rings (SSSR count). The lowest BCUT2D eigenvalue weighted by molar-refractivity contribution is -0.114. The topological polar surface area (TPSA) is 89.5 Å². The van der Waals surface area contributed by atoms with Gasteiger partial charge in [0.1, 0.15) is 11.2 Å². The first-order valence-electron chi connectivity index (χ1n) is 10.7. The van der Waals surface area contributed by atoms with E-state index in [0.717, 1.165) is 43.7 Å². The third-order valence-corrected chi connectivity index (χ3v) is 6.61. The number of rotatable bonds is 4. The molecule has 1 amide bonds. The minimum Gasteiger partial charge on any atom is -0.423 e. The molecule has 0 radical (unpaired) electrons. The SMILES string of the molecule is CC(=O)Nc1ccc2c(CSc3nc4ccccc4c4nc5ccccc5n34)cc(=O)oc2c1. The van der Waals surface area contributed by atoms with Crippen molar-refractivity contribution in [2.45, 2.75) is 17.8 Å². The molecule has 0 aliphatic heterocycles. The molecule has 3 heterocycles. The zero-order valence-corrected chi connectivity index (χ0v) is 18.9. The number of fused-ring (bicyclic) bond motifs is 6. The van der Waals surface area contributed by atoms with Crippen LogP contribution in [0.4, 0.5) is 5.69 Å². The predicted molar refractivity (Wildman–Crippen MR) is 134 cm³/mol. The van der Waals surface area contributed by atoms with Gasteiger partial charge in [-0.1, -0.05) is 36.0 Å². The maximum absolute atomic E-state index is 12.3. The number of carbonyl (C=O) groups is 1. The maximum Gasteiger partial charge on any atom is 0.336 e. The van der Waals surface area contributed by atoms with E-state index >= 15 is 0 Å². The summed E-state index contributed by atoms with van der Waals surface area (Å²) in [7, 11) is 0. The Balaban J connectivity index is 1.47. The van der Waals surface area contributed by atoms with Crippen LogP contribution in [0.3, 0.4) is 0 Å². The van der Waals surface area contributed by atoms with Gasteiger partial charge in [-0.05, 0) is 42.0 Å². The lowest BCUT2D eigenvalue weighted by Crippen LogP contribution is -2.06.